The van der Waals surface area contributed by atoms with Crippen LogP contribution >= 0.6 is 0 Å². The van der Waals surface area contributed by atoms with Gasteiger partial charge >= 0.3 is 0 Å². The summed E-state index contributed by atoms with van der Waals surface area (Å²) < 4.78 is 0. The largest absolute Gasteiger partial charge is 0.341 e. The fourth-order valence-electron chi connectivity index (χ4n) is 3.54. The highest BCUT2D eigenvalue weighted by Gasteiger charge is 2.25. The van der Waals surface area contributed by atoms with E-state index < -0.39 is 0 Å². The smallest absolute Gasteiger partial charge is 0.271 e. The molecule has 24 heavy (non-hydrogen) atoms. The summed E-state index contributed by atoms with van der Waals surface area (Å²) >= 11 is 0. The molecule has 1 aromatic carbocycles. The first-order valence-corrected chi connectivity index (χ1v) is 8.41. The number of carbonyl (C=O) groups is 1. The van der Waals surface area contributed by atoms with Gasteiger partial charge in [-0.15, -0.1) is 0 Å². The number of piperidine rings is 1. The zero-order valence-electron chi connectivity index (χ0n) is 13.5. The van der Waals surface area contributed by atoms with E-state index in [4.69, 9.17) is 0 Å². The van der Waals surface area contributed by atoms with E-state index in [0.717, 1.165) is 37.9 Å². The third kappa shape index (κ3) is 3.02. The second kappa shape index (κ2) is 6.43. The molecule has 4 rings (SSSR count). The van der Waals surface area contributed by atoms with Crippen LogP contribution < -0.4 is 0 Å². The molecule has 1 aliphatic heterocycles. The molecular weight excluding hydrogens is 300 g/mol. The molecule has 1 saturated heterocycles. The Morgan fingerprint density at radius 3 is 3.17 bits per heavy atom. The van der Waals surface area contributed by atoms with Gasteiger partial charge in [0.1, 0.15) is 5.69 Å². The van der Waals surface area contributed by atoms with Crippen LogP contribution in [0.25, 0.3) is 10.9 Å². The molecule has 0 unspecified atom stereocenters. The van der Waals surface area contributed by atoms with Gasteiger partial charge in [0.2, 0.25) is 0 Å². The van der Waals surface area contributed by atoms with Crippen LogP contribution in [0.2, 0.25) is 0 Å². The Labute approximate surface area is 140 Å². The summed E-state index contributed by atoms with van der Waals surface area (Å²) in [5, 5.41) is 1.18. The molecule has 0 aliphatic carbocycles. The maximum atomic E-state index is 12.5. The number of fused-ring (bicyclic) bond motifs is 1. The van der Waals surface area contributed by atoms with Gasteiger partial charge in [0.25, 0.3) is 5.91 Å². The quantitative estimate of drug-likeness (QED) is 0.807. The molecule has 3 heterocycles. The van der Waals surface area contributed by atoms with E-state index in [0.29, 0.717) is 11.6 Å². The number of aromatic amines is 1. The van der Waals surface area contributed by atoms with Crippen LogP contribution in [-0.4, -0.2) is 38.8 Å². The van der Waals surface area contributed by atoms with Gasteiger partial charge in [0, 0.05) is 24.7 Å². The minimum Gasteiger partial charge on any atom is -0.341 e. The minimum atomic E-state index is 0.0555. The van der Waals surface area contributed by atoms with Gasteiger partial charge < -0.3 is 9.88 Å². The zero-order valence-corrected chi connectivity index (χ0v) is 13.5. The third-order valence-corrected chi connectivity index (χ3v) is 4.73. The predicted molar refractivity (Wildman–Crippen MR) is 92.7 cm³/mol. The van der Waals surface area contributed by atoms with E-state index >= 15 is 0 Å². The van der Waals surface area contributed by atoms with Crippen molar-refractivity contribution in [3.63, 3.8) is 0 Å². The topological polar surface area (TPSA) is 61.9 Å². The lowest BCUT2D eigenvalue weighted by atomic mass is 9.90. The molecule has 1 aliphatic rings. The number of aromatic nitrogens is 3. The van der Waals surface area contributed by atoms with E-state index in [1.54, 1.807) is 12.5 Å². The number of nitrogens with zero attached hydrogens (tertiary/aromatic N) is 3. The third-order valence-electron chi connectivity index (χ3n) is 4.73. The molecule has 2 aromatic heterocycles. The van der Waals surface area contributed by atoms with Crippen LogP contribution in [0.4, 0.5) is 0 Å². The Balaban J connectivity index is 1.46. The van der Waals surface area contributed by atoms with Crippen LogP contribution in [0, 0.1) is 5.92 Å². The number of imidazole rings is 1. The lowest BCUT2D eigenvalue weighted by molar-refractivity contribution is 0.0668. The first kappa shape index (κ1) is 14.9. The summed E-state index contributed by atoms with van der Waals surface area (Å²) in [6.07, 6.45) is 8.19. The molecule has 1 amide bonds. The number of pyridine rings is 1. The molecule has 1 atom stereocenters. The van der Waals surface area contributed by atoms with Crippen molar-refractivity contribution in [2.24, 2.45) is 5.92 Å². The average Bonchev–Trinajstić information content (AvgIpc) is 3.16. The first-order chi connectivity index (χ1) is 11.8. The van der Waals surface area contributed by atoms with Gasteiger partial charge in [0.05, 0.1) is 18.0 Å². The Kier molecular flexibility index (Phi) is 3.99. The van der Waals surface area contributed by atoms with Crippen molar-refractivity contribution in [2.45, 2.75) is 19.3 Å². The Morgan fingerprint density at radius 1 is 1.33 bits per heavy atom. The highest BCUT2D eigenvalue weighted by Crippen LogP contribution is 2.23. The number of hydrogen-bond donors (Lipinski definition) is 1. The van der Waals surface area contributed by atoms with E-state index in [1.807, 2.05) is 17.2 Å². The number of hydrogen-bond acceptors (Lipinski definition) is 3. The molecule has 1 N–H and O–H groups in total. The summed E-state index contributed by atoms with van der Waals surface area (Å²) in [6, 6.07) is 10.5. The zero-order chi connectivity index (χ0) is 16.4. The second-order valence-electron chi connectivity index (χ2n) is 6.46. The SMILES string of the molecule is O=C(c1cnc[nH]1)N1CCC[C@H](Cc2ccc3ncccc3c2)C1. The lowest BCUT2D eigenvalue weighted by Gasteiger charge is -2.32. The molecule has 122 valence electrons. The Morgan fingerprint density at radius 2 is 2.29 bits per heavy atom. The van der Waals surface area contributed by atoms with Gasteiger partial charge in [-0.1, -0.05) is 12.1 Å². The van der Waals surface area contributed by atoms with Crippen molar-refractivity contribution >= 4 is 16.8 Å². The molecule has 0 saturated carbocycles. The van der Waals surface area contributed by atoms with Crippen LogP contribution in [0.3, 0.4) is 0 Å². The van der Waals surface area contributed by atoms with Crippen molar-refractivity contribution in [2.75, 3.05) is 13.1 Å². The van der Waals surface area contributed by atoms with Crippen molar-refractivity contribution < 1.29 is 4.79 Å². The van der Waals surface area contributed by atoms with Gasteiger partial charge in [-0.25, -0.2) is 4.98 Å². The van der Waals surface area contributed by atoms with Crippen molar-refractivity contribution in [3.05, 3.63) is 60.3 Å². The normalized spacial score (nSPS) is 18.0. The summed E-state index contributed by atoms with van der Waals surface area (Å²) in [5.74, 6) is 0.555. The molecule has 1 fully saturated rings. The van der Waals surface area contributed by atoms with Crippen LogP contribution in [-0.2, 0) is 6.42 Å². The number of H-pyrrole nitrogens is 1. The first-order valence-electron chi connectivity index (χ1n) is 8.41. The lowest BCUT2D eigenvalue weighted by Crippen LogP contribution is -2.40. The molecular formula is C19H20N4O. The van der Waals surface area contributed by atoms with Crippen molar-refractivity contribution in [3.8, 4) is 0 Å². The highest BCUT2D eigenvalue weighted by atomic mass is 16.2. The van der Waals surface area contributed by atoms with E-state index in [9.17, 15) is 4.79 Å². The van der Waals surface area contributed by atoms with Gasteiger partial charge in [-0.05, 0) is 48.9 Å². The Bertz CT molecular complexity index is 843. The summed E-state index contributed by atoms with van der Waals surface area (Å²) in [4.78, 5) is 25.7. The molecule has 0 bridgehead atoms. The van der Waals surface area contributed by atoms with Gasteiger partial charge in [0.15, 0.2) is 0 Å². The number of nitrogens with one attached hydrogen (secondary N) is 1. The molecule has 5 nitrogen and oxygen atoms in total. The van der Waals surface area contributed by atoms with Crippen LogP contribution in [0.15, 0.2) is 49.1 Å². The number of carbonyl (C=O) groups excluding carboxylic acids is 1. The molecule has 3 aromatic rings. The number of rotatable bonds is 3. The maximum Gasteiger partial charge on any atom is 0.271 e. The summed E-state index contributed by atoms with van der Waals surface area (Å²) in [7, 11) is 0. The van der Waals surface area contributed by atoms with Crippen LogP contribution in [0.1, 0.15) is 28.9 Å². The van der Waals surface area contributed by atoms with Crippen molar-refractivity contribution in [1.82, 2.24) is 19.9 Å². The summed E-state index contributed by atoms with van der Waals surface area (Å²) in [5.41, 5.74) is 2.92. The monoisotopic (exact) mass is 320 g/mol. The fourth-order valence-corrected chi connectivity index (χ4v) is 3.54. The maximum absolute atomic E-state index is 12.5. The average molecular weight is 320 g/mol. The van der Waals surface area contributed by atoms with Crippen LogP contribution in [0.5, 0.6) is 0 Å². The van der Waals surface area contributed by atoms with Gasteiger partial charge in [-0.2, -0.15) is 0 Å². The van der Waals surface area contributed by atoms with Gasteiger partial charge in [-0.3, -0.25) is 9.78 Å². The van der Waals surface area contributed by atoms with Crippen molar-refractivity contribution in [1.29, 1.82) is 0 Å². The van der Waals surface area contributed by atoms with E-state index in [-0.39, 0.29) is 5.91 Å². The Hall–Kier alpha value is -2.69. The molecule has 5 heteroatoms. The minimum absolute atomic E-state index is 0.0555. The highest BCUT2D eigenvalue weighted by molar-refractivity contribution is 5.92. The number of amides is 1. The molecule has 0 radical (unpaired) electrons. The second-order valence-corrected chi connectivity index (χ2v) is 6.46. The molecule has 0 spiro atoms. The predicted octanol–water partition coefficient (Wildman–Crippen LogP) is 3.05. The number of benzene rings is 1. The standard InChI is InChI=1S/C19H20N4O/c24-19(18-11-20-13-22-18)23-8-2-3-15(12-23)9-14-5-6-17-16(10-14)4-1-7-21-17/h1,4-7,10-11,13,15H,2-3,8-9,12H2,(H,20,22)/t15-/m1/s1. The number of likely N-dealkylation sites (tertiary alicyclic amines) is 1. The summed E-state index contributed by atoms with van der Waals surface area (Å²) in [6.45, 7) is 1.64. The van der Waals surface area contributed by atoms with E-state index in [1.165, 1.54) is 10.9 Å². The van der Waals surface area contributed by atoms with E-state index in [2.05, 4.69) is 39.2 Å². The fraction of sp³-hybridized carbons (Fsp3) is 0.316.